The molecule has 0 aliphatic rings. The van der Waals surface area contributed by atoms with Gasteiger partial charge in [-0.2, -0.15) is 0 Å². The molecule has 0 radical (unpaired) electrons. The summed E-state index contributed by atoms with van der Waals surface area (Å²) in [5, 5.41) is 14.1. The zero-order valence-corrected chi connectivity index (χ0v) is 9.73. The average Bonchev–Trinajstić information content (AvgIpc) is 2.29. The van der Waals surface area contributed by atoms with E-state index in [0.717, 1.165) is 0 Å². The van der Waals surface area contributed by atoms with Crippen LogP contribution in [0.3, 0.4) is 0 Å². The lowest BCUT2D eigenvalue weighted by atomic mass is 10.2. The minimum atomic E-state index is -0.305. The number of anilines is 1. The van der Waals surface area contributed by atoms with Crippen molar-refractivity contribution in [2.75, 3.05) is 11.9 Å². The third kappa shape index (κ3) is 4.58. The number of carbonyl (C=O) groups excluding carboxylic acids is 1. The molecule has 0 aliphatic carbocycles. The average molecular weight is 232 g/mol. The van der Waals surface area contributed by atoms with Gasteiger partial charge < -0.3 is 15.7 Å². The summed E-state index contributed by atoms with van der Waals surface area (Å²) >= 11 is 0. The minimum absolute atomic E-state index is 0.0496. The molecule has 0 aliphatic heterocycles. The number of hydrogen-bond donors (Lipinski definition) is 3. The first-order chi connectivity index (χ1) is 8.15. The molecular formula is C13H16N2O2. The first-order valence-electron chi connectivity index (χ1n) is 5.40. The highest BCUT2D eigenvalue weighted by atomic mass is 16.3. The standard InChI is InChI=1S/C13H16N2O2/c1-3-11-5-4-6-12(9-11)15-13(17)14-10(2)7-8-16/h1,4-6,9-10,16H,7-8H2,2H3,(H2,14,15,17)/t10-/m1/s1. The van der Waals surface area contributed by atoms with Gasteiger partial charge in [0.05, 0.1) is 0 Å². The molecule has 0 spiro atoms. The molecule has 1 rings (SSSR count). The van der Waals surface area contributed by atoms with E-state index in [1.165, 1.54) is 0 Å². The number of aliphatic hydroxyl groups is 1. The van der Waals surface area contributed by atoms with Crippen molar-refractivity contribution in [2.45, 2.75) is 19.4 Å². The van der Waals surface area contributed by atoms with E-state index in [9.17, 15) is 4.79 Å². The van der Waals surface area contributed by atoms with Crippen LogP contribution in [-0.2, 0) is 0 Å². The SMILES string of the molecule is C#Cc1cccc(NC(=O)N[C@H](C)CCO)c1. The molecule has 4 nitrogen and oxygen atoms in total. The summed E-state index contributed by atoms with van der Waals surface area (Å²) in [5.74, 6) is 2.50. The Morgan fingerprint density at radius 2 is 2.35 bits per heavy atom. The number of terminal acetylenes is 1. The van der Waals surface area contributed by atoms with Gasteiger partial charge in [0.2, 0.25) is 0 Å². The second-order valence-electron chi connectivity index (χ2n) is 3.74. The molecule has 1 aromatic rings. The van der Waals surface area contributed by atoms with Crippen molar-refractivity contribution < 1.29 is 9.90 Å². The number of nitrogens with one attached hydrogen (secondary N) is 2. The summed E-state index contributed by atoms with van der Waals surface area (Å²) in [6.07, 6.45) is 5.79. The van der Waals surface area contributed by atoms with Crippen LogP contribution in [0.1, 0.15) is 18.9 Å². The second-order valence-corrected chi connectivity index (χ2v) is 3.74. The molecule has 0 heterocycles. The van der Waals surface area contributed by atoms with Crippen LogP contribution in [0.2, 0.25) is 0 Å². The molecule has 0 saturated carbocycles. The lowest BCUT2D eigenvalue weighted by molar-refractivity contribution is 0.241. The molecule has 1 atom stereocenters. The minimum Gasteiger partial charge on any atom is -0.396 e. The van der Waals surface area contributed by atoms with E-state index in [0.29, 0.717) is 17.7 Å². The molecular weight excluding hydrogens is 216 g/mol. The number of carbonyl (C=O) groups is 1. The summed E-state index contributed by atoms with van der Waals surface area (Å²) in [6, 6.07) is 6.67. The lowest BCUT2D eigenvalue weighted by Gasteiger charge is -2.13. The highest BCUT2D eigenvalue weighted by Crippen LogP contribution is 2.09. The van der Waals surface area contributed by atoms with E-state index in [4.69, 9.17) is 11.5 Å². The van der Waals surface area contributed by atoms with E-state index >= 15 is 0 Å². The first kappa shape index (κ1) is 13.1. The molecule has 4 heteroatoms. The van der Waals surface area contributed by atoms with Gasteiger partial charge in [-0.25, -0.2) is 4.79 Å². The van der Waals surface area contributed by atoms with Crippen LogP contribution in [0.25, 0.3) is 0 Å². The molecule has 17 heavy (non-hydrogen) atoms. The van der Waals surface area contributed by atoms with Gasteiger partial charge in [0.15, 0.2) is 0 Å². The normalized spacial score (nSPS) is 11.4. The van der Waals surface area contributed by atoms with E-state index in [-0.39, 0.29) is 18.7 Å². The van der Waals surface area contributed by atoms with E-state index in [1.54, 1.807) is 24.3 Å². The van der Waals surface area contributed by atoms with Gasteiger partial charge in [0.25, 0.3) is 0 Å². The predicted molar refractivity (Wildman–Crippen MR) is 67.7 cm³/mol. The number of benzene rings is 1. The summed E-state index contributed by atoms with van der Waals surface area (Å²) in [4.78, 5) is 11.5. The quantitative estimate of drug-likeness (QED) is 0.690. The molecule has 0 saturated heterocycles. The fourth-order valence-electron chi connectivity index (χ4n) is 1.34. The van der Waals surface area contributed by atoms with Crippen molar-refractivity contribution >= 4 is 11.7 Å². The summed E-state index contributed by atoms with van der Waals surface area (Å²) in [7, 11) is 0. The maximum absolute atomic E-state index is 11.5. The Hall–Kier alpha value is -1.99. The van der Waals surface area contributed by atoms with E-state index < -0.39 is 0 Å². The van der Waals surface area contributed by atoms with Crippen molar-refractivity contribution in [3.05, 3.63) is 29.8 Å². The summed E-state index contributed by atoms with van der Waals surface area (Å²) in [6.45, 7) is 1.88. The Labute approximate surface area is 101 Å². The van der Waals surface area contributed by atoms with Gasteiger partial charge in [-0.1, -0.05) is 12.0 Å². The van der Waals surface area contributed by atoms with Gasteiger partial charge in [-0.15, -0.1) is 6.42 Å². The van der Waals surface area contributed by atoms with Gasteiger partial charge in [-0.3, -0.25) is 0 Å². The van der Waals surface area contributed by atoms with Crippen LogP contribution in [-0.4, -0.2) is 23.8 Å². The number of amides is 2. The Balaban J connectivity index is 2.53. The summed E-state index contributed by atoms with van der Waals surface area (Å²) < 4.78 is 0. The number of urea groups is 1. The third-order valence-electron chi connectivity index (χ3n) is 2.23. The van der Waals surface area contributed by atoms with Crippen LogP contribution >= 0.6 is 0 Å². The van der Waals surface area contributed by atoms with Gasteiger partial charge in [0.1, 0.15) is 0 Å². The fourth-order valence-corrected chi connectivity index (χ4v) is 1.34. The first-order valence-corrected chi connectivity index (χ1v) is 5.40. The molecule has 0 bridgehead atoms. The third-order valence-corrected chi connectivity index (χ3v) is 2.23. The number of hydrogen-bond acceptors (Lipinski definition) is 2. The summed E-state index contributed by atoms with van der Waals surface area (Å²) in [5.41, 5.74) is 1.36. The molecule has 1 aromatic carbocycles. The number of rotatable bonds is 4. The van der Waals surface area contributed by atoms with Crippen molar-refractivity contribution in [3.8, 4) is 12.3 Å². The topological polar surface area (TPSA) is 61.4 Å². The zero-order valence-electron chi connectivity index (χ0n) is 9.73. The van der Waals surface area contributed by atoms with Gasteiger partial charge >= 0.3 is 6.03 Å². The smallest absolute Gasteiger partial charge is 0.319 e. The zero-order chi connectivity index (χ0) is 12.7. The van der Waals surface area contributed by atoms with Crippen LogP contribution < -0.4 is 10.6 Å². The van der Waals surface area contributed by atoms with Gasteiger partial charge in [0, 0.05) is 23.9 Å². The molecule has 90 valence electrons. The Bertz CT molecular complexity index is 424. The van der Waals surface area contributed by atoms with Crippen LogP contribution in [0.4, 0.5) is 10.5 Å². The molecule has 0 fully saturated rings. The Kier molecular flexibility index (Phi) is 5.05. The maximum Gasteiger partial charge on any atom is 0.319 e. The maximum atomic E-state index is 11.5. The predicted octanol–water partition coefficient (Wildman–Crippen LogP) is 1.56. The van der Waals surface area contributed by atoms with E-state index in [1.807, 2.05) is 6.92 Å². The van der Waals surface area contributed by atoms with Crippen LogP contribution in [0.15, 0.2) is 24.3 Å². The largest absolute Gasteiger partial charge is 0.396 e. The Morgan fingerprint density at radius 1 is 1.59 bits per heavy atom. The van der Waals surface area contributed by atoms with Crippen molar-refractivity contribution in [1.82, 2.24) is 5.32 Å². The van der Waals surface area contributed by atoms with E-state index in [2.05, 4.69) is 16.6 Å². The van der Waals surface area contributed by atoms with Crippen LogP contribution in [0, 0.1) is 12.3 Å². The fraction of sp³-hybridized carbons (Fsp3) is 0.308. The van der Waals surface area contributed by atoms with Crippen molar-refractivity contribution in [2.24, 2.45) is 0 Å². The molecule has 3 N–H and O–H groups in total. The van der Waals surface area contributed by atoms with Crippen LogP contribution in [0.5, 0.6) is 0 Å². The highest BCUT2D eigenvalue weighted by molar-refractivity contribution is 5.89. The van der Waals surface area contributed by atoms with Crippen molar-refractivity contribution in [1.29, 1.82) is 0 Å². The lowest BCUT2D eigenvalue weighted by Crippen LogP contribution is -2.36. The Morgan fingerprint density at radius 3 is 3.00 bits per heavy atom. The monoisotopic (exact) mass is 232 g/mol. The van der Waals surface area contributed by atoms with Gasteiger partial charge in [-0.05, 0) is 31.5 Å². The molecule has 2 amide bonds. The number of aliphatic hydroxyl groups excluding tert-OH is 1. The molecule has 0 unspecified atom stereocenters. The van der Waals surface area contributed by atoms with Crippen molar-refractivity contribution in [3.63, 3.8) is 0 Å². The molecule has 0 aromatic heterocycles. The second kappa shape index (κ2) is 6.56. The highest BCUT2D eigenvalue weighted by Gasteiger charge is 2.06.